The molecule has 1 saturated heterocycles. The lowest BCUT2D eigenvalue weighted by Gasteiger charge is -2.33. The third kappa shape index (κ3) is 6.18. The number of carbonyl (C=O) groups excluding carboxylic acids is 2. The van der Waals surface area contributed by atoms with Crippen molar-refractivity contribution < 1.29 is 14.3 Å². The van der Waals surface area contributed by atoms with E-state index in [1.165, 1.54) is 0 Å². The molecule has 0 saturated carbocycles. The zero-order chi connectivity index (χ0) is 19.6. The number of nitrogens with one attached hydrogen (secondary N) is 2. The summed E-state index contributed by atoms with van der Waals surface area (Å²) in [6.45, 7) is 3.83. The molecule has 1 aliphatic heterocycles. The maximum Gasteiger partial charge on any atom is 0.309 e. The zero-order valence-electron chi connectivity index (χ0n) is 16.0. The van der Waals surface area contributed by atoms with Crippen molar-refractivity contribution in [3.8, 4) is 0 Å². The summed E-state index contributed by atoms with van der Waals surface area (Å²) in [7, 11) is 0. The minimum absolute atomic E-state index is 0.0481. The molecule has 0 spiro atoms. The third-order valence-corrected chi connectivity index (χ3v) is 4.78. The Labute approximate surface area is 165 Å². The van der Waals surface area contributed by atoms with Crippen molar-refractivity contribution in [2.24, 2.45) is 0 Å². The van der Waals surface area contributed by atoms with Crippen molar-refractivity contribution in [3.05, 3.63) is 71.8 Å². The van der Waals surface area contributed by atoms with Crippen LogP contribution >= 0.6 is 0 Å². The number of hydrogen-bond donors (Lipinski definition) is 2. The van der Waals surface area contributed by atoms with Crippen LogP contribution in [0.2, 0.25) is 0 Å². The second kappa shape index (κ2) is 10.6. The molecule has 0 bridgehead atoms. The maximum atomic E-state index is 11.9. The van der Waals surface area contributed by atoms with E-state index in [1.807, 2.05) is 48.5 Å². The van der Waals surface area contributed by atoms with E-state index in [1.54, 1.807) is 0 Å². The monoisotopic (exact) mass is 381 g/mol. The van der Waals surface area contributed by atoms with Gasteiger partial charge in [0, 0.05) is 32.7 Å². The minimum Gasteiger partial charge on any atom is -0.371 e. The average molecular weight is 381 g/mol. The zero-order valence-corrected chi connectivity index (χ0v) is 16.0. The second-order valence-electron chi connectivity index (χ2n) is 6.82. The first-order valence-electron chi connectivity index (χ1n) is 9.71. The van der Waals surface area contributed by atoms with Crippen LogP contribution in [0.5, 0.6) is 0 Å². The van der Waals surface area contributed by atoms with Gasteiger partial charge in [-0.15, -0.1) is 0 Å². The van der Waals surface area contributed by atoms with Crippen molar-refractivity contribution in [1.82, 2.24) is 15.5 Å². The van der Waals surface area contributed by atoms with E-state index >= 15 is 0 Å². The molecule has 1 fully saturated rings. The fraction of sp³-hybridized carbons (Fsp3) is 0.364. The van der Waals surface area contributed by atoms with Gasteiger partial charge in [0.1, 0.15) is 0 Å². The van der Waals surface area contributed by atoms with Gasteiger partial charge in [0.05, 0.1) is 12.7 Å². The Balaban J connectivity index is 1.33. The lowest BCUT2D eigenvalue weighted by atomic mass is 10.1. The third-order valence-electron chi connectivity index (χ3n) is 4.78. The van der Waals surface area contributed by atoms with Gasteiger partial charge in [0.25, 0.3) is 0 Å². The number of hydrogen-bond acceptors (Lipinski definition) is 4. The fourth-order valence-corrected chi connectivity index (χ4v) is 3.23. The number of amides is 2. The van der Waals surface area contributed by atoms with Crippen LogP contribution in [0, 0.1) is 0 Å². The van der Waals surface area contributed by atoms with E-state index in [-0.39, 0.29) is 6.10 Å². The largest absolute Gasteiger partial charge is 0.371 e. The van der Waals surface area contributed by atoms with Crippen LogP contribution in [0.25, 0.3) is 0 Å². The van der Waals surface area contributed by atoms with Gasteiger partial charge in [-0.1, -0.05) is 60.7 Å². The first kappa shape index (κ1) is 20.0. The van der Waals surface area contributed by atoms with Gasteiger partial charge < -0.3 is 15.4 Å². The van der Waals surface area contributed by atoms with Crippen molar-refractivity contribution in [3.63, 3.8) is 0 Å². The van der Waals surface area contributed by atoms with Gasteiger partial charge in [0.2, 0.25) is 0 Å². The molecule has 0 unspecified atom stereocenters. The molecule has 28 heavy (non-hydrogen) atoms. The molecular weight excluding hydrogens is 354 g/mol. The van der Waals surface area contributed by atoms with Gasteiger partial charge in [0.15, 0.2) is 0 Å². The molecule has 2 aromatic rings. The van der Waals surface area contributed by atoms with E-state index in [0.29, 0.717) is 32.7 Å². The summed E-state index contributed by atoms with van der Waals surface area (Å²) in [5.74, 6) is -1.17. The average Bonchev–Trinajstić information content (AvgIpc) is 2.75. The topological polar surface area (TPSA) is 70.7 Å². The van der Waals surface area contributed by atoms with Gasteiger partial charge in [-0.05, 0) is 17.5 Å². The highest BCUT2D eigenvalue weighted by molar-refractivity contribution is 6.35. The van der Waals surface area contributed by atoms with Crippen LogP contribution < -0.4 is 10.6 Å². The van der Waals surface area contributed by atoms with Gasteiger partial charge in [-0.3, -0.25) is 14.5 Å². The highest BCUT2D eigenvalue weighted by Crippen LogP contribution is 2.21. The van der Waals surface area contributed by atoms with Crippen LogP contribution in [0.3, 0.4) is 0 Å². The molecular formula is C22H27N3O3. The first-order chi connectivity index (χ1) is 13.7. The van der Waals surface area contributed by atoms with Gasteiger partial charge in [-0.25, -0.2) is 0 Å². The standard InChI is InChI=1S/C22H27N3O3/c26-21(23-12-11-18-7-3-1-4-8-18)22(27)24-13-14-25-15-16-28-20(17-25)19-9-5-2-6-10-19/h1-10,20H,11-17H2,(H,23,26)(H,24,27)/t20-/m0/s1. The van der Waals surface area contributed by atoms with E-state index < -0.39 is 11.8 Å². The highest BCUT2D eigenvalue weighted by Gasteiger charge is 2.22. The summed E-state index contributed by atoms with van der Waals surface area (Å²) in [6, 6.07) is 20.0. The molecule has 2 N–H and O–H groups in total. The van der Waals surface area contributed by atoms with Crippen molar-refractivity contribution in [2.75, 3.05) is 39.3 Å². The predicted octanol–water partition coefficient (Wildman–Crippen LogP) is 1.53. The molecule has 3 rings (SSSR count). The number of ether oxygens (including phenoxy) is 1. The lowest BCUT2D eigenvalue weighted by molar-refractivity contribution is -0.139. The lowest BCUT2D eigenvalue weighted by Crippen LogP contribution is -2.45. The molecule has 1 atom stereocenters. The quantitative estimate of drug-likeness (QED) is 0.714. The molecule has 6 heteroatoms. The molecule has 148 valence electrons. The molecule has 1 aliphatic rings. The van der Waals surface area contributed by atoms with Gasteiger partial charge >= 0.3 is 11.8 Å². The summed E-state index contributed by atoms with van der Waals surface area (Å²) in [5.41, 5.74) is 2.29. The smallest absolute Gasteiger partial charge is 0.309 e. The Morgan fingerprint density at radius 3 is 2.29 bits per heavy atom. The molecule has 2 amide bonds. The molecule has 0 aliphatic carbocycles. The van der Waals surface area contributed by atoms with Crippen molar-refractivity contribution >= 4 is 11.8 Å². The number of nitrogens with zero attached hydrogens (tertiary/aromatic N) is 1. The number of carbonyl (C=O) groups is 2. The van der Waals surface area contributed by atoms with E-state index in [4.69, 9.17) is 4.74 Å². The molecule has 2 aromatic carbocycles. The van der Waals surface area contributed by atoms with Crippen LogP contribution in [0.1, 0.15) is 17.2 Å². The predicted molar refractivity (Wildman–Crippen MR) is 108 cm³/mol. The highest BCUT2D eigenvalue weighted by atomic mass is 16.5. The Bertz CT molecular complexity index is 752. The maximum absolute atomic E-state index is 11.9. The minimum atomic E-state index is -0.583. The number of morpholine rings is 1. The van der Waals surface area contributed by atoms with Crippen LogP contribution in [0.4, 0.5) is 0 Å². The van der Waals surface area contributed by atoms with E-state index in [9.17, 15) is 9.59 Å². The van der Waals surface area contributed by atoms with Crippen LogP contribution in [0.15, 0.2) is 60.7 Å². The summed E-state index contributed by atoms with van der Waals surface area (Å²) >= 11 is 0. The summed E-state index contributed by atoms with van der Waals surface area (Å²) < 4.78 is 5.85. The normalized spacial score (nSPS) is 17.1. The summed E-state index contributed by atoms with van der Waals surface area (Å²) in [5, 5.41) is 5.36. The van der Waals surface area contributed by atoms with E-state index in [2.05, 4.69) is 27.7 Å². The molecule has 0 radical (unpaired) electrons. The second-order valence-corrected chi connectivity index (χ2v) is 6.82. The van der Waals surface area contributed by atoms with Crippen molar-refractivity contribution in [2.45, 2.75) is 12.5 Å². The number of rotatable bonds is 7. The summed E-state index contributed by atoms with van der Waals surface area (Å²) in [4.78, 5) is 26.1. The fourth-order valence-electron chi connectivity index (χ4n) is 3.23. The Morgan fingerprint density at radius 1 is 0.929 bits per heavy atom. The Kier molecular flexibility index (Phi) is 7.58. The van der Waals surface area contributed by atoms with Gasteiger partial charge in [-0.2, -0.15) is 0 Å². The molecule has 6 nitrogen and oxygen atoms in total. The summed E-state index contributed by atoms with van der Waals surface area (Å²) in [6.07, 6.45) is 0.751. The first-order valence-corrected chi connectivity index (χ1v) is 9.71. The van der Waals surface area contributed by atoms with Crippen LogP contribution in [-0.4, -0.2) is 56.0 Å². The SMILES string of the molecule is O=C(NCCc1ccccc1)C(=O)NCCN1CCO[C@H](c2ccccc2)C1. The van der Waals surface area contributed by atoms with Crippen LogP contribution in [-0.2, 0) is 20.7 Å². The van der Waals surface area contributed by atoms with Crippen molar-refractivity contribution in [1.29, 1.82) is 0 Å². The molecule has 1 heterocycles. The molecule has 0 aromatic heterocycles. The number of benzene rings is 2. The Hall–Kier alpha value is -2.70. The van der Waals surface area contributed by atoms with E-state index in [0.717, 1.165) is 24.2 Å². The Morgan fingerprint density at radius 2 is 1.57 bits per heavy atom.